The number of thiazole rings is 1. The van der Waals surface area contributed by atoms with E-state index >= 15 is 0 Å². The van der Waals surface area contributed by atoms with E-state index in [4.69, 9.17) is 22.1 Å². The van der Waals surface area contributed by atoms with Gasteiger partial charge in [-0.1, -0.05) is 22.9 Å². The smallest absolute Gasteiger partial charge is 0.338 e. The summed E-state index contributed by atoms with van der Waals surface area (Å²) in [7, 11) is 4.95. The van der Waals surface area contributed by atoms with Crippen molar-refractivity contribution in [2.45, 2.75) is 5.79 Å². The fourth-order valence-electron chi connectivity index (χ4n) is 3.75. The van der Waals surface area contributed by atoms with Gasteiger partial charge in [0.25, 0.3) is 17.6 Å². The number of fused-ring (bicyclic) bond motifs is 2. The van der Waals surface area contributed by atoms with E-state index in [1.165, 1.54) is 16.2 Å². The highest BCUT2D eigenvalue weighted by Gasteiger charge is 2.49. The Hall–Kier alpha value is -3.32. The molecule has 14 heteroatoms. The molecule has 2 aromatic carbocycles. The lowest BCUT2D eigenvalue weighted by atomic mass is 10.1. The molecular weight excluding hydrogens is 541 g/mol. The number of amides is 2. The number of benzene rings is 2. The number of hydrogen-bond acceptors (Lipinski definition) is 10. The fourth-order valence-corrected chi connectivity index (χ4v) is 4.95. The summed E-state index contributed by atoms with van der Waals surface area (Å²) in [6.45, 7) is 0.576. The largest absolute Gasteiger partial charge is 0.452 e. The van der Waals surface area contributed by atoms with Crippen LogP contribution in [0.1, 0.15) is 10.4 Å². The zero-order chi connectivity index (χ0) is 26.0. The van der Waals surface area contributed by atoms with Gasteiger partial charge in [-0.2, -0.15) is 0 Å². The maximum atomic E-state index is 13.0. The SMILES string of the molecule is CNCCN1c2ccc(C(=O)OCC(=O)N(C)C)cc2NC1(Nc1nc2ccc(Cl)cc2s1)C(N)=O.Cl. The van der Waals surface area contributed by atoms with E-state index < -0.39 is 17.7 Å². The van der Waals surface area contributed by atoms with Gasteiger partial charge < -0.3 is 36.2 Å². The van der Waals surface area contributed by atoms with Crippen LogP contribution in [0.15, 0.2) is 36.4 Å². The third-order valence-electron chi connectivity index (χ3n) is 5.65. The summed E-state index contributed by atoms with van der Waals surface area (Å²) < 4.78 is 5.98. The van der Waals surface area contributed by atoms with Crippen molar-refractivity contribution in [3.63, 3.8) is 0 Å². The molecule has 5 N–H and O–H groups in total. The van der Waals surface area contributed by atoms with Crippen LogP contribution in [-0.4, -0.2) is 74.3 Å². The lowest BCUT2D eigenvalue weighted by Gasteiger charge is -2.37. The van der Waals surface area contributed by atoms with Crippen molar-refractivity contribution < 1.29 is 19.1 Å². The second kappa shape index (κ2) is 11.4. The van der Waals surface area contributed by atoms with Crippen LogP contribution in [-0.2, 0) is 14.3 Å². The second-order valence-electron chi connectivity index (χ2n) is 8.31. The van der Waals surface area contributed by atoms with Crippen molar-refractivity contribution in [3.05, 3.63) is 47.0 Å². The number of halogens is 2. The molecule has 0 spiro atoms. The van der Waals surface area contributed by atoms with Gasteiger partial charge in [-0.3, -0.25) is 9.59 Å². The standard InChI is InChI=1S/C23H26ClN7O4S.ClH/c1-26-8-9-31-17-7-4-13(20(33)35-12-19(32)30(2)3)10-16(17)28-23(31,21(25)34)29-22-27-15-6-5-14(24)11-18(15)36-22;/h4-7,10-11,26,28H,8-9,12H2,1-3H3,(H2,25,34)(H,27,29);1H. The third kappa shape index (κ3) is 5.67. The monoisotopic (exact) mass is 567 g/mol. The number of carbonyl (C=O) groups is 3. The summed E-state index contributed by atoms with van der Waals surface area (Å²) in [6, 6.07) is 10.2. The van der Waals surface area contributed by atoms with Crippen LogP contribution in [0, 0.1) is 0 Å². The molecular formula is C23H27Cl2N7O4S. The molecule has 37 heavy (non-hydrogen) atoms. The Labute approximate surface area is 228 Å². The van der Waals surface area contributed by atoms with Crippen LogP contribution in [0.5, 0.6) is 0 Å². The molecule has 0 aliphatic carbocycles. The zero-order valence-corrected chi connectivity index (χ0v) is 22.7. The fraction of sp³-hybridized carbons (Fsp3) is 0.304. The molecule has 2 amide bonds. The number of esters is 1. The minimum absolute atomic E-state index is 0. The Kier molecular flexibility index (Phi) is 8.69. The van der Waals surface area contributed by atoms with Crippen LogP contribution in [0.25, 0.3) is 10.2 Å². The van der Waals surface area contributed by atoms with Gasteiger partial charge in [0.1, 0.15) is 0 Å². The molecule has 0 fully saturated rings. The first kappa shape index (κ1) is 28.3. The van der Waals surface area contributed by atoms with Crippen LogP contribution < -0.4 is 26.6 Å². The molecule has 0 saturated carbocycles. The summed E-state index contributed by atoms with van der Waals surface area (Å²) in [6.07, 6.45) is 0. The minimum Gasteiger partial charge on any atom is -0.452 e. The number of anilines is 3. The van der Waals surface area contributed by atoms with Gasteiger partial charge >= 0.3 is 5.97 Å². The first-order chi connectivity index (χ1) is 17.1. The number of ether oxygens (including phenoxy) is 1. The highest BCUT2D eigenvalue weighted by molar-refractivity contribution is 7.22. The first-order valence-electron chi connectivity index (χ1n) is 11.0. The van der Waals surface area contributed by atoms with Crippen molar-refractivity contribution >= 4 is 79.9 Å². The molecule has 2 heterocycles. The molecule has 1 unspecified atom stereocenters. The summed E-state index contributed by atoms with van der Waals surface area (Å²) in [5.74, 6) is -3.24. The maximum Gasteiger partial charge on any atom is 0.338 e. The molecule has 11 nitrogen and oxygen atoms in total. The second-order valence-corrected chi connectivity index (χ2v) is 9.77. The molecule has 3 aromatic rings. The lowest BCUT2D eigenvalue weighted by Crippen LogP contribution is -2.66. The van der Waals surface area contributed by atoms with E-state index in [1.54, 1.807) is 62.4 Å². The molecule has 0 saturated heterocycles. The predicted octanol–water partition coefficient (Wildman–Crippen LogP) is 2.32. The van der Waals surface area contributed by atoms with Gasteiger partial charge in [-0.05, 0) is 43.4 Å². The average Bonchev–Trinajstić information content (AvgIpc) is 3.38. The van der Waals surface area contributed by atoms with Crippen molar-refractivity contribution in [2.24, 2.45) is 5.73 Å². The number of aromatic nitrogens is 1. The van der Waals surface area contributed by atoms with Gasteiger partial charge in [0, 0.05) is 32.2 Å². The summed E-state index contributed by atoms with van der Waals surface area (Å²) in [4.78, 5) is 45.0. The van der Waals surface area contributed by atoms with Crippen LogP contribution >= 0.6 is 35.3 Å². The molecule has 1 aromatic heterocycles. The highest BCUT2D eigenvalue weighted by atomic mass is 35.5. The van der Waals surface area contributed by atoms with Crippen molar-refractivity contribution in [1.29, 1.82) is 0 Å². The zero-order valence-electron chi connectivity index (χ0n) is 20.3. The Morgan fingerprint density at radius 2 is 2.00 bits per heavy atom. The minimum atomic E-state index is -1.56. The number of likely N-dealkylation sites (N-methyl/N-ethyl adjacent to an activating group) is 2. The number of nitrogens with zero attached hydrogens (tertiary/aromatic N) is 3. The van der Waals surface area contributed by atoms with Crippen molar-refractivity contribution in [3.8, 4) is 0 Å². The molecule has 1 atom stereocenters. The predicted molar refractivity (Wildman–Crippen MR) is 148 cm³/mol. The van der Waals surface area contributed by atoms with Gasteiger partial charge in [-0.15, -0.1) is 12.4 Å². The average molecular weight is 568 g/mol. The van der Waals surface area contributed by atoms with Gasteiger partial charge in [-0.25, -0.2) is 9.78 Å². The topological polar surface area (TPSA) is 142 Å². The summed E-state index contributed by atoms with van der Waals surface area (Å²) >= 11 is 7.44. The number of nitrogens with two attached hydrogens (primary N) is 1. The molecule has 1 aliphatic rings. The Bertz CT molecular complexity index is 1340. The highest BCUT2D eigenvalue weighted by Crippen LogP contribution is 2.42. The first-order valence-corrected chi connectivity index (χ1v) is 12.2. The van der Waals surface area contributed by atoms with E-state index in [9.17, 15) is 14.4 Å². The van der Waals surface area contributed by atoms with Gasteiger partial charge in [0.05, 0.1) is 27.2 Å². The summed E-state index contributed by atoms with van der Waals surface area (Å²) in [5, 5.41) is 10.5. The third-order valence-corrected chi connectivity index (χ3v) is 6.82. The van der Waals surface area contributed by atoms with E-state index in [0.29, 0.717) is 34.6 Å². The van der Waals surface area contributed by atoms with Crippen molar-refractivity contribution in [2.75, 3.05) is 56.4 Å². The number of primary amides is 1. The number of nitrogens with one attached hydrogen (secondary N) is 3. The quantitative estimate of drug-likeness (QED) is 0.286. The number of rotatable bonds is 9. The van der Waals surface area contributed by atoms with Crippen LogP contribution in [0.3, 0.4) is 0 Å². The Balaban J connectivity index is 0.00000380. The normalized spacial score (nSPS) is 15.9. The van der Waals surface area contributed by atoms with E-state index in [-0.39, 0.29) is 30.5 Å². The molecule has 4 rings (SSSR count). The number of hydrogen-bond donors (Lipinski definition) is 4. The van der Waals surface area contributed by atoms with E-state index in [1.807, 2.05) is 0 Å². The van der Waals surface area contributed by atoms with Gasteiger partial charge in [0.2, 0.25) is 0 Å². The molecule has 1 aliphatic heterocycles. The van der Waals surface area contributed by atoms with Gasteiger partial charge in [0.15, 0.2) is 11.7 Å². The van der Waals surface area contributed by atoms with E-state index in [2.05, 4.69) is 20.9 Å². The number of carbonyl (C=O) groups excluding carboxylic acids is 3. The maximum absolute atomic E-state index is 13.0. The Morgan fingerprint density at radius 1 is 1.24 bits per heavy atom. The molecule has 198 valence electrons. The Morgan fingerprint density at radius 3 is 2.68 bits per heavy atom. The van der Waals surface area contributed by atoms with Crippen molar-refractivity contribution in [1.82, 2.24) is 15.2 Å². The summed E-state index contributed by atoms with van der Waals surface area (Å²) in [5.41, 5.74) is 8.04. The lowest BCUT2D eigenvalue weighted by molar-refractivity contribution is -0.132. The van der Waals surface area contributed by atoms with E-state index in [0.717, 1.165) is 10.2 Å². The molecule has 0 radical (unpaired) electrons. The molecule has 0 bridgehead atoms. The van der Waals surface area contributed by atoms with Crippen LogP contribution in [0.4, 0.5) is 16.5 Å². The van der Waals surface area contributed by atoms with Crippen LogP contribution in [0.2, 0.25) is 5.02 Å².